The number of nitrogens with zero attached hydrogens (tertiary/aromatic N) is 1. The predicted molar refractivity (Wildman–Crippen MR) is 83.6 cm³/mol. The Bertz CT molecular complexity index is 240. The van der Waals surface area contributed by atoms with Crippen molar-refractivity contribution in [2.45, 2.75) is 77.7 Å². The predicted octanol–water partition coefficient (Wildman–Crippen LogP) is 3.81. The molecule has 0 bridgehead atoms. The van der Waals surface area contributed by atoms with E-state index in [0.717, 1.165) is 12.6 Å². The summed E-state index contributed by atoms with van der Waals surface area (Å²) in [7, 11) is 0. The second-order valence-electron chi connectivity index (χ2n) is 6.90. The van der Waals surface area contributed by atoms with Crippen LogP contribution < -0.4 is 5.32 Å². The van der Waals surface area contributed by atoms with Crippen molar-refractivity contribution >= 4 is 0 Å². The van der Waals surface area contributed by atoms with Crippen molar-refractivity contribution in [2.24, 2.45) is 5.41 Å². The molecule has 0 unspecified atom stereocenters. The van der Waals surface area contributed by atoms with Crippen LogP contribution in [0.5, 0.6) is 0 Å². The van der Waals surface area contributed by atoms with E-state index in [1.54, 1.807) is 0 Å². The summed E-state index contributed by atoms with van der Waals surface area (Å²) in [6.07, 6.45) is 13.0. The molecule has 0 saturated heterocycles. The highest BCUT2D eigenvalue weighted by molar-refractivity contribution is 4.92. The molecule has 0 aliphatic heterocycles. The highest BCUT2D eigenvalue weighted by Gasteiger charge is 2.37. The fourth-order valence-electron chi connectivity index (χ4n) is 3.81. The van der Waals surface area contributed by atoms with E-state index in [1.165, 1.54) is 77.4 Å². The van der Waals surface area contributed by atoms with Crippen molar-refractivity contribution in [1.82, 2.24) is 10.2 Å². The van der Waals surface area contributed by atoms with Crippen molar-refractivity contribution in [3.63, 3.8) is 0 Å². The minimum Gasteiger partial charge on any atom is -0.316 e. The first-order valence-electron chi connectivity index (χ1n) is 8.74. The first kappa shape index (κ1) is 15.3. The van der Waals surface area contributed by atoms with E-state index in [4.69, 9.17) is 0 Å². The van der Waals surface area contributed by atoms with E-state index >= 15 is 0 Å². The Morgan fingerprint density at radius 3 is 2.26 bits per heavy atom. The molecular formula is C17H34N2. The standard InChI is InChI=1S/C17H34N2/c1-3-13-19(16-9-10-16)15-17(14-18-4-2)11-7-5-6-8-12-17/h16,18H,3-15H2,1-2H3. The lowest BCUT2D eigenvalue weighted by molar-refractivity contribution is 0.121. The quantitative estimate of drug-likeness (QED) is 0.672. The van der Waals surface area contributed by atoms with E-state index < -0.39 is 0 Å². The third kappa shape index (κ3) is 4.75. The van der Waals surface area contributed by atoms with E-state index in [9.17, 15) is 0 Å². The molecule has 1 N–H and O–H groups in total. The highest BCUT2D eigenvalue weighted by atomic mass is 15.2. The molecule has 0 amide bonds. The van der Waals surface area contributed by atoms with Crippen LogP contribution >= 0.6 is 0 Å². The molecule has 2 saturated carbocycles. The molecule has 0 spiro atoms. The smallest absolute Gasteiger partial charge is 0.00966 e. The lowest BCUT2D eigenvalue weighted by Gasteiger charge is -2.38. The second kappa shape index (κ2) is 7.64. The van der Waals surface area contributed by atoms with Crippen LogP contribution in [0.1, 0.15) is 71.6 Å². The molecule has 0 aromatic rings. The largest absolute Gasteiger partial charge is 0.316 e. The van der Waals surface area contributed by atoms with E-state index in [2.05, 4.69) is 24.1 Å². The van der Waals surface area contributed by atoms with Gasteiger partial charge in [0.2, 0.25) is 0 Å². The molecule has 2 aliphatic carbocycles. The van der Waals surface area contributed by atoms with Crippen LogP contribution in [0.4, 0.5) is 0 Å². The highest BCUT2D eigenvalue weighted by Crippen LogP contribution is 2.38. The fraction of sp³-hybridized carbons (Fsp3) is 1.00. The third-order valence-electron chi connectivity index (χ3n) is 5.03. The minimum absolute atomic E-state index is 0.574. The zero-order valence-corrected chi connectivity index (χ0v) is 13.2. The molecule has 0 atom stereocenters. The lowest BCUT2D eigenvalue weighted by atomic mass is 9.79. The van der Waals surface area contributed by atoms with Gasteiger partial charge in [0, 0.05) is 19.1 Å². The van der Waals surface area contributed by atoms with Gasteiger partial charge in [-0.25, -0.2) is 0 Å². The molecule has 2 fully saturated rings. The van der Waals surface area contributed by atoms with Crippen LogP contribution in [0, 0.1) is 5.41 Å². The summed E-state index contributed by atoms with van der Waals surface area (Å²) in [6.45, 7) is 9.63. The summed E-state index contributed by atoms with van der Waals surface area (Å²) in [5.74, 6) is 0. The molecule has 0 heterocycles. The van der Waals surface area contributed by atoms with Crippen molar-refractivity contribution in [3.8, 4) is 0 Å². The maximum atomic E-state index is 3.67. The van der Waals surface area contributed by atoms with Crippen molar-refractivity contribution in [1.29, 1.82) is 0 Å². The first-order valence-corrected chi connectivity index (χ1v) is 8.74. The molecule has 0 aromatic heterocycles. The number of nitrogens with one attached hydrogen (secondary N) is 1. The van der Waals surface area contributed by atoms with E-state index in [-0.39, 0.29) is 0 Å². The van der Waals surface area contributed by atoms with Crippen LogP contribution in [-0.4, -0.2) is 37.1 Å². The molecule has 2 aliphatic rings. The van der Waals surface area contributed by atoms with Gasteiger partial charge < -0.3 is 5.32 Å². The van der Waals surface area contributed by atoms with Gasteiger partial charge in [-0.15, -0.1) is 0 Å². The van der Waals surface area contributed by atoms with Crippen LogP contribution in [0.15, 0.2) is 0 Å². The average molecular weight is 266 g/mol. The molecule has 19 heavy (non-hydrogen) atoms. The van der Waals surface area contributed by atoms with Gasteiger partial charge in [-0.2, -0.15) is 0 Å². The monoisotopic (exact) mass is 266 g/mol. The van der Waals surface area contributed by atoms with Gasteiger partial charge in [-0.1, -0.05) is 39.5 Å². The van der Waals surface area contributed by atoms with E-state index in [1.807, 2.05) is 0 Å². The fourth-order valence-corrected chi connectivity index (χ4v) is 3.81. The Labute approximate surface area is 120 Å². The van der Waals surface area contributed by atoms with Crippen molar-refractivity contribution in [2.75, 3.05) is 26.2 Å². The zero-order chi connectivity index (χ0) is 13.6. The number of hydrogen-bond acceptors (Lipinski definition) is 2. The van der Waals surface area contributed by atoms with Gasteiger partial charge in [0.05, 0.1) is 0 Å². The van der Waals surface area contributed by atoms with Gasteiger partial charge in [0.15, 0.2) is 0 Å². The Kier molecular flexibility index (Phi) is 6.15. The molecule has 2 rings (SSSR count). The van der Waals surface area contributed by atoms with E-state index in [0.29, 0.717) is 5.41 Å². The maximum absolute atomic E-state index is 3.67. The van der Waals surface area contributed by atoms with Crippen LogP contribution in [0.2, 0.25) is 0 Å². The topological polar surface area (TPSA) is 15.3 Å². The van der Waals surface area contributed by atoms with Crippen LogP contribution in [-0.2, 0) is 0 Å². The minimum atomic E-state index is 0.574. The summed E-state index contributed by atoms with van der Waals surface area (Å²) in [5.41, 5.74) is 0.574. The van der Waals surface area contributed by atoms with Gasteiger partial charge in [-0.3, -0.25) is 4.90 Å². The first-order chi connectivity index (χ1) is 9.29. The average Bonchev–Trinajstić information content (AvgIpc) is 3.24. The molecule has 2 nitrogen and oxygen atoms in total. The van der Waals surface area contributed by atoms with Gasteiger partial charge in [0.25, 0.3) is 0 Å². The second-order valence-corrected chi connectivity index (χ2v) is 6.90. The summed E-state index contributed by atoms with van der Waals surface area (Å²) in [5, 5.41) is 3.67. The van der Waals surface area contributed by atoms with Crippen molar-refractivity contribution in [3.05, 3.63) is 0 Å². The normalized spacial score (nSPS) is 23.5. The number of rotatable bonds is 8. The third-order valence-corrected chi connectivity index (χ3v) is 5.03. The summed E-state index contributed by atoms with van der Waals surface area (Å²) >= 11 is 0. The van der Waals surface area contributed by atoms with Crippen molar-refractivity contribution < 1.29 is 0 Å². The van der Waals surface area contributed by atoms with Gasteiger partial charge in [-0.05, 0) is 50.6 Å². The van der Waals surface area contributed by atoms with Gasteiger partial charge >= 0.3 is 0 Å². The Morgan fingerprint density at radius 1 is 1.05 bits per heavy atom. The van der Waals surface area contributed by atoms with Gasteiger partial charge in [0.1, 0.15) is 0 Å². The molecule has 2 heteroatoms. The van der Waals surface area contributed by atoms with Crippen LogP contribution in [0.25, 0.3) is 0 Å². The number of hydrogen-bond donors (Lipinski definition) is 1. The maximum Gasteiger partial charge on any atom is 0.00966 e. The zero-order valence-electron chi connectivity index (χ0n) is 13.2. The Balaban J connectivity index is 1.97. The summed E-state index contributed by atoms with van der Waals surface area (Å²) in [6, 6.07) is 0.932. The Hall–Kier alpha value is -0.0800. The summed E-state index contributed by atoms with van der Waals surface area (Å²) < 4.78 is 0. The summed E-state index contributed by atoms with van der Waals surface area (Å²) in [4.78, 5) is 2.82. The lowest BCUT2D eigenvalue weighted by Crippen LogP contribution is -2.45. The molecule has 112 valence electrons. The van der Waals surface area contributed by atoms with Crippen LogP contribution in [0.3, 0.4) is 0 Å². The SMILES string of the molecule is CCCN(CC1(CNCC)CCCCCC1)C1CC1. The molecule has 0 aromatic carbocycles. The Morgan fingerprint density at radius 2 is 1.74 bits per heavy atom. The molecule has 0 radical (unpaired) electrons. The molecular weight excluding hydrogens is 232 g/mol.